The first-order valence-corrected chi connectivity index (χ1v) is 9.68. The van der Waals surface area contributed by atoms with Crippen molar-refractivity contribution in [1.29, 1.82) is 0 Å². The van der Waals surface area contributed by atoms with Gasteiger partial charge in [0.05, 0.1) is 0 Å². The Morgan fingerprint density at radius 1 is 1.14 bits per heavy atom. The van der Waals surface area contributed by atoms with Crippen LogP contribution in [0.1, 0.15) is 31.7 Å². The number of guanidine groups is 1. The molecule has 1 aliphatic rings. The first kappa shape index (κ1) is 24.2. The van der Waals surface area contributed by atoms with Crippen LogP contribution in [0.4, 0.5) is 0 Å². The largest absolute Gasteiger partial charge is 0.357 e. The van der Waals surface area contributed by atoms with Crippen molar-refractivity contribution >= 4 is 41.8 Å². The second-order valence-corrected chi connectivity index (χ2v) is 6.70. The molecule has 7 nitrogen and oxygen atoms in total. The zero-order valence-corrected chi connectivity index (χ0v) is 19.1. The Hall–Kier alpha value is -1.84. The molecule has 28 heavy (non-hydrogen) atoms. The normalized spacial score (nSPS) is 13.6. The maximum atomic E-state index is 12.3. The molecule has 2 N–H and O–H groups in total. The summed E-state index contributed by atoms with van der Waals surface area (Å²) < 4.78 is 0. The lowest BCUT2D eigenvalue weighted by Crippen LogP contribution is -2.40. The molecule has 0 atom stereocenters. The van der Waals surface area contributed by atoms with E-state index >= 15 is 0 Å². The van der Waals surface area contributed by atoms with Gasteiger partial charge >= 0.3 is 0 Å². The molecule has 1 aromatic carbocycles. The lowest BCUT2D eigenvalue weighted by Gasteiger charge is -2.18. The molecule has 2 rings (SSSR count). The van der Waals surface area contributed by atoms with E-state index in [4.69, 9.17) is 0 Å². The fourth-order valence-electron chi connectivity index (χ4n) is 2.98. The average Bonchev–Trinajstić information content (AvgIpc) is 3.21. The molecule has 156 valence electrons. The van der Waals surface area contributed by atoms with E-state index in [2.05, 4.69) is 15.6 Å². The number of hydrogen-bond donors (Lipinski definition) is 2. The van der Waals surface area contributed by atoms with Crippen molar-refractivity contribution in [1.82, 2.24) is 20.4 Å². The molecule has 1 aliphatic heterocycles. The van der Waals surface area contributed by atoms with E-state index in [1.54, 1.807) is 4.90 Å². The number of amides is 2. The van der Waals surface area contributed by atoms with Crippen molar-refractivity contribution in [3.05, 3.63) is 35.9 Å². The van der Waals surface area contributed by atoms with E-state index < -0.39 is 0 Å². The standard InChI is InChI=1S/C20H31N5O2.HI/c1-3-21-20(23-15-19(27)25-13-7-8-14-25)22-12-11-18(26)24(2)16-17-9-5-4-6-10-17;/h4-6,9-10H,3,7-8,11-16H2,1-2H3,(H2,21,22,23);1H. The van der Waals surface area contributed by atoms with Crippen molar-refractivity contribution in [3.63, 3.8) is 0 Å². The van der Waals surface area contributed by atoms with Gasteiger partial charge in [-0.25, -0.2) is 4.99 Å². The average molecular weight is 501 g/mol. The number of nitrogens with one attached hydrogen (secondary N) is 2. The minimum Gasteiger partial charge on any atom is -0.357 e. The van der Waals surface area contributed by atoms with Crippen molar-refractivity contribution < 1.29 is 9.59 Å². The highest BCUT2D eigenvalue weighted by atomic mass is 127. The summed E-state index contributed by atoms with van der Waals surface area (Å²) in [5.74, 6) is 0.697. The fraction of sp³-hybridized carbons (Fsp3) is 0.550. The number of halogens is 1. The van der Waals surface area contributed by atoms with Crippen LogP contribution in [0, 0.1) is 0 Å². The van der Waals surface area contributed by atoms with E-state index in [1.165, 1.54) is 0 Å². The summed E-state index contributed by atoms with van der Waals surface area (Å²) in [7, 11) is 1.81. The molecular formula is C20H32IN5O2. The van der Waals surface area contributed by atoms with Crippen molar-refractivity contribution in [2.24, 2.45) is 4.99 Å². The summed E-state index contributed by atoms with van der Waals surface area (Å²) in [6.45, 7) is 5.54. The SMILES string of the molecule is CCNC(=NCC(=O)N1CCCC1)NCCC(=O)N(C)Cc1ccccc1.I. The molecule has 1 heterocycles. The van der Waals surface area contributed by atoms with Crippen LogP contribution in [-0.4, -0.2) is 67.3 Å². The van der Waals surface area contributed by atoms with Crippen molar-refractivity contribution in [2.75, 3.05) is 39.8 Å². The highest BCUT2D eigenvalue weighted by Crippen LogP contribution is 2.07. The zero-order chi connectivity index (χ0) is 19.5. The number of aliphatic imine (C=N–C) groups is 1. The van der Waals surface area contributed by atoms with Gasteiger partial charge in [0.15, 0.2) is 5.96 Å². The Bertz CT molecular complexity index is 633. The van der Waals surface area contributed by atoms with Crippen LogP contribution in [-0.2, 0) is 16.1 Å². The summed E-state index contributed by atoms with van der Waals surface area (Å²) in [6.07, 6.45) is 2.52. The maximum absolute atomic E-state index is 12.3. The lowest BCUT2D eigenvalue weighted by molar-refractivity contribution is -0.130. The molecule has 0 saturated carbocycles. The number of hydrogen-bond acceptors (Lipinski definition) is 3. The van der Waals surface area contributed by atoms with E-state index in [0.717, 1.165) is 31.5 Å². The van der Waals surface area contributed by atoms with Crippen molar-refractivity contribution in [3.8, 4) is 0 Å². The molecule has 1 aromatic rings. The van der Waals surface area contributed by atoms with E-state index in [-0.39, 0.29) is 42.3 Å². The Morgan fingerprint density at radius 3 is 2.46 bits per heavy atom. The number of nitrogens with zero attached hydrogens (tertiary/aromatic N) is 3. The summed E-state index contributed by atoms with van der Waals surface area (Å²) >= 11 is 0. The second kappa shape index (κ2) is 13.4. The molecular weight excluding hydrogens is 469 g/mol. The van der Waals surface area contributed by atoms with Crippen LogP contribution in [0.15, 0.2) is 35.3 Å². The predicted octanol–water partition coefficient (Wildman–Crippen LogP) is 1.83. The molecule has 2 amide bonds. The third kappa shape index (κ3) is 8.45. The van der Waals surface area contributed by atoms with Gasteiger partial charge in [-0.3, -0.25) is 9.59 Å². The Kier molecular flexibility index (Phi) is 11.5. The van der Waals surface area contributed by atoms with Crippen LogP contribution in [0.3, 0.4) is 0 Å². The molecule has 0 spiro atoms. The van der Waals surface area contributed by atoms with Gasteiger partial charge in [0.25, 0.3) is 0 Å². The first-order valence-electron chi connectivity index (χ1n) is 9.68. The Balaban J connectivity index is 0.00000392. The number of carbonyl (C=O) groups is 2. The van der Waals surface area contributed by atoms with Crippen LogP contribution in [0.5, 0.6) is 0 Å². The summed E-state index contributed by atoms with van der Waals surface area (Å²) in [5.41, 5.74) is 1.11. The molecule has 0 radical (unpaired) electrons. The van der Waals surface area contributed by atoms with Gasteiger partial charge in [0.2, 0.25) is 11.8 Å². The van der Waals surface area contributed by atoms with Gasteiger partial charge in [-0.1, -0.05) is 30.3 Å². The summed E-state index contributed by atoms with van der Waals surface area (Å²) in [5, 5.41) is 6.25. The first-order chi connectivity index (χ1) is 13.1. The fourth-order valence-corrected chi connectivity index (χ4v) is 2.98. The minimum absolute atomic E-state index is 0. The van der Waals surface area contributed by atoms with Crippen LogP contribution in [0.2, 0.25) is 0 Å². The van der Waals surface area contributed by atoms with Gasteiger partial charge in [0.1, 0.15) is 6.54 Å². The number of benzene rings is 1. The van der Waals surface area contributed by atoms with Gasteiger partial charge in [-0.05, 0) is 25.3 Å². The summed E-state index contributed by atoms with van der Waals surface area (Å²) in [4.78, 5) is 32.3. The van der Waals surface area contributed by atoms with Crippen LogP contribution in [0.25, 0.3) is 0 Å². The number of likely N-dealkylation sites (tertiary alicyclic amines) is 1. The van der Waals surface area contributed by atoms with Gasteiger partial charge in [-0.2, -0.15) is 0 Å². The van der Waals surface area contributed by atoms with Gasteiger partial charge in [0, 0.05) is 46.2 Å². The topological polar surface area (TPSA) is 77.0 Å². The maximum Gasteiger partial charge on any atom is 0.244 e. The van der Waals surface area contributed by atoms with E-state index in [0.29, 0.717) is 32.0 Å². The molecule has 1 fully saturated rings. The van der Waals surface area contributed by atoms with Crippen molar-refractivity contribution in [2.45, 2.75) is 32.7 Å². The van der Waals surface area contributed by atoms with E-state index in [9.17, 15) is 9.59 Å². The summed E-state index contributed by atoms with van der Waals surface area (Å²) in [6, 6.07) is 9.92. The minimum atomic E-state index is 0. The molecule has 0 aromatic heterocycles. The zero-order valence-electron chi connectivity index (χ0n) is 16.8. The molecule has 8 heteroatoms. The Labute approximate surface area is 185 Å². The lowest BCUT2D eigenvalue weighted by atomic mass is 10.2. The van der Waals surface area contributed by atoms with E-state index in [1.807, 2.05) is 49.2 Å². The highest BCUT2D eigenvalue weighted by molar-refractivity contribution is 14.0. The number of carbonyl (C=O) groups excluding carboxylic acids is 2. The van der Waals surface area contributed by atoms with Crippen LogP contribution < -0.4 is 10.6 Å². The quantitative estimate of drug-likeness (QED) is 0.324. The highest BCUT2D eigenvalue weighted by Gasteiger charge is 2.17. The number of rotatable bonds is 8. The molecule has 0 unspecified atom stereocenters. The molecule has 0 bridgehead atoms. The third-order valence-corrected chi connectivity index (χ3v) is 4.50. The smallest absolute Gasteiger partial charge is 0.244 e. The third-order valence-electron chi connectivity index (χ3n) is 4.50. The molecule has 1 saturated heterocycles. The van der Waals surface area contributed by atoms with Crippen LogP contribution >= 0.6 is 24.0 Å². The second-order valence-electron chi connectivity index (χ2n) is 6.70. The Morgan fingerprint density at radius 2 is 1.82 bits per heavy atom. The monoisotopic (exact) mass is 501 g/mol. The predicted molar refractivity (Wildman–Crippen MR) is 123 cm³/mol. The van der Waals surface area contributed by atoms with Gasteiger partial charge in [-0.15, -0.1) is 24.0 Å². The molecule has 0 aliphatic carbocycles. The van der Waals surface area contributed by atoms with Gasteiger partial charge < -0.3 is 20.4 Å².